The Morgan fingerprint density at radius 3 is 2.50 bits per heavy atom. The van der Waals surface area contributed by atoms with E-state index >= 15 is 0 Å². The molecule has 0 fully saturated rings. The van der Waals surface area contributed by atoms with Gasteiger partial charge in [-0.3, -0.25) is 14.9 Å². The fourth-order valence-electron chi connectivity index (χ4n) is 2.91. The molecule has 0 aliphatic carbocycles. The lowest BCUT2D eigenvalue weighted by Crippen LogP contribution is -2.15. The molecule has 3 rings (SSSR count). The first-order chi connectivity index (χ1) is 15.2. The van der Waals surface area contributed by atoms with Crippen molar-refractivity contribution in [2.24, 2.45) is 0 Å². The number of nitrogens with one attached hydrogen (secondary N) is 1. The second-order valence-electron chi connectivity index (χ2n) is 6.95. The molecule has 0 unspecified atom stereocenters. The van der Waals surface area contributed by atoms with Gasteiger partial charge in [-0.2, -0.15) is 0 Å². The molecule has 0 saturated carbocycles. The minimum atomic E-state index is -0.685. The van der Waals surface area contributed by atoms with E-state index in [0.717, 1.165) is 11.0 Å². The summed E-state index contributed by atoms with van der Waals surface area (Å²) in [5, 5.41) is 13.6. The van der Waals surface area contributed by atoms with Crippen molar-refractivity contribution in [2.45, 2.75) is 26.9 Å². The maximum absolute atomic E-state index is 13.4. The zero-order valence-corrected chi connectivity index (χ0v) is 18.2. The number of esters is 1. The van der Waals surface area contributed by atoms with Crippen LogP contribution in [0.5, 0.6) is 0 Å². The molecule has 0 atom stereocenters. The van der Waals surface area contributed by atoms with Crippen LogP contribution in [-0.4, -0.2) is 22.9 Å². The van der Waals surface area contributed by atoms with Crippen molar-refractivity contribution in [1.82, 2.24) is 0 Å². The number of hydrogen-bond donors (Lipinski definition) is 1. The van der Waals surface area contributed by atoms with E-state index in [0.29, 0.717) is 11.1 Å². The predicted molar refractivity (Wildman–Crippen MR) is 118 cm³/mol. The molecule has 1 amide bonds. The van der Waals surface area contributed by atoms with Gasteiger partial charge >= 0.3 is 11.9 Å². The summed E-state index contributed by atoms with van der Waals surface area (Å²) in [6.45, 7) is 5.19. The van der Waals surface area contributed by atoms with Gasteiger partial charge in [0.2, 0.25) is 5.91 Å². The molecule has 0 bridgehead atoms. The molecule has 32 heavy (non-hydrogen) atoms. The Kier molecular flexibility index (Phi) is 6.84. The van der Waals surface area contributed by atoms with Crippen molar-refractivity contribution in [1.29, 1.82) is 0 Å². The Hall–Kier alpha value is -3.79. The van der Waals surface area contributed by atoms with Crippen LogP contribution in [0.3, 0.4) is 0 Å². The predicted octanol–water partition coefficient (Wildman–Crippen LogP) is 5.58. The molecular weight excluding hydrogens is 439 g/mol. The third-order valence-corrected chi connectivity index (χ3v) is 5.21. The summed E-state index contributed by atoms with van der Waals surface area (Å²) < 4.78 is 23.7. The number of benzene rings is 1. The zero-order valence-electron chi connectivity index (χ0n) is 17.4. The first-order valence-electron chi connectivity index (χ1n) is 9.49. The van der Waals surface area contributed by atoms with Crippen LogP contribution in [0, 0.1) is 22.9 Å². The summed E-state index contributed by atoms with van der Waals surface area (Å²) in [4.78, 5) is 36.0. The van der Waals surface area contributed by atoms with E-state index in [-0.39, 0.29) is 22.4 Å². The number of hydrogen-bond acceptors (Lipinski definition) is 7. The molecule has 1 N–H and O–H groups in total. The van der Waals surface area contributed by atoms with Crippen LogP contribution in [0.25, 0.3) is 17.2 Å². The van der Waals surface area contributed by atoms with Crippen molar-refractivity contribution >= 4 is 40.2 Å². The summed E-state index contributed by atoms with van der Waals surface area (Å²) in [7, 11) is 0. The Morgan fingerprint density at radius 2 is 1.91 bits per heavy atom. The number of nitrogens with zero attached hydrogens (tertiary/aromatic N) is 1. The third-order valence-electron chi connectivity index (χ3n) is 4.19. The lowest BCUT2D eigenvalue weighted by atomic mass is 10.0. The number of nitro groups is 1. The van der Waals surface area contributed by atoms with Gasteiger partial charge in [0.15, 0.2) is 0 Å². The Balaban J connectivity index is 1.92. The molecule has 10 heteroatoms. The third kappa shape index (κ3) is 5.27. The van der Waals surface area contributed by atoms with E-state index < -0.39 is 28.5 Å². The maximum Gasteiger partial charge on any atom is 0.433 e. The number of halogens is 1. The van der Waals surface area contributed by atoms with Gasteiger partial charge in [-0.1, -0.05) is 12.1 Å². The second-order valence-corrected chi connectivity index (χ2v) is 8.18. The van der Waals surface area contributed by atoms with Gasteiger partial charge in [0.25, 0.3) is 0 Å². The lowest BCUT2D eigenvalue weighted by molar-refractivity contribution is -0.402. The normalized spacial score (nSPS) is 11.2. The average molecular weight is 458 g/mol. The zero-order chi connectivity index (χ0) is 23.4. The van der Waals surface area contributed by atoms with E-state index in [9.17, 15) is 24.1 Å². The van der Waals surface area contributed by atoms with E-state index in [1.807, 2.05) is 0 Å². The first-order valence-corrected chi connectivity index (χ1v) is 10.3. The van der Waals surface area contributed by atoms with E-state index in [2.05, 4.69) is 5.32 Å². The van der Waals surface area contributed by atoms with Crippen molar-refractivity contribution in [3.8, 4) is 11.1 Å². The van der Waals surface area contributed by atoms with Gasteiger partial charge in [0.05, 0.1) is 12.2 Å². The highest BCUT2D eigenvalue weighted by Crippen LogP contribution is 2.40. The highest BCUT2D eigenvalue weighted by Gasteiger charge is 2.26. The van der Waals surface area contributed by atoms with Crippen LogP contribution in [-0.2, 0) is 9.53 Å². The highest BCUT2D eigenvalue weighted by atomic mass is 32.1. The molecule has 0 spiro atoms. The number of thiophene rings is 1. The fourth-order valence-corrected chi connectivity index (χ4v) is 3.97. The second kappa shape index (κ2) is 9.56. The smallest absolute Gasteiger partial charge is 0.433 e. The minimum absolute atomic E-state index is 0.126. The molecule has 2 aromatic heterocycles. The molecule has 166 valence electrons. The number of aryl methyl sites for hydroxylation is 1. The summed E-state index contributed by atoms with van der Waals surface area (Å²) in [5.41, 5.74) is 1.32. The summed E-state index contributed by atoms with van der Waals surface area (Å²) in [5.74, 6) is -1.92. The molecule has 0 aliphatic rings. The van der Waals surface area contributed by atoms with Crippen molar-refractivity contribution in [3.05, 3.63) is 74.6 Å². The number of carbonyl (C=O) groups is 2. The van der Waals surface area contributed by atoms with Crippen LogP contribution in [0.15, 0.2) is 46.9 Å². The number of carbonyl (C=O) groups excluding carboxylic acids is 2. The van der Waals surface area contributed by atoms with Crippen molar-refractivity contribution < 1.29 is 28.1 Å². The van der Waals surface area contributed by atoms with Gasteiger partial charge in [-0.15, -0.1) is 11.3 Å². The molecule has 2 heterocycles. The Labute approximate surface area is 186 Å². The van der Waals surface area contributed by atoms with E-state index in [1.54, 1.807) is 32.9 Å². The number of ether oxygens (including phenoxy) is 1. The number of anilines is 1. The molecule has 3 aromatic rings. The van der Waals surface area contributed by atoms with E-state index in [1.165, 1.54) is 41.7 Å². The number of amides is 1. The largest absolute Gasteiger partial charge is 0.459 e. The van der Waals surface area contributed by atoms with Crippen molar-refractivity contribution in [3.63, 3.8) is 0 Å². The maximum atomic E-state index is 13.4. The number of furan rings is 1. The molecule has 0 aliphatic heterocycles. The average Bonchev–Trinajstić information content (AvgIpc) is 3.31. The summed E-state index contributed by atoms with van der Waals surface area (Å²) in [6.07, 6.45) is 2.02. The molecule has 0 saturated heterocycles. The first kappa shape index (κ1) is 22.9. The SMILES string of the molecule is Cc1sc(NC(=O)/C=C/c2ccc([N+](=O)[O-])o2)c(C(=O)OC(C)C)c1-c1ccc(F)cc1. The van der Waals surface area contributed by atoms with E-state index in [4.69, 9.17) is 9.15 Å². The van der Waals surface area contributed by atoms with Gasteiger partial charge in [0, 0.05) is 16.5 Å². The molecule has 8 nitrogen and oxygen atoms in total. The van der Waals surface area contributed by atoms with Crippen molar-refractivity contribution in [2.75, 3.05) is 5.32 Å². The summed E-state index contributed by atoms with van der Waals surface area (Å²) in [6, 6.07) is 8.20. The van der Waals surface area contributed by atoms with Gasteiger partial charge in [-0.25, -0.2) is 9.18 Å². The van der Waals surface area contributed by atoms with Crippen LogP contribution in [0.2, 0.25) is 0 Å². The van der Waals surface area contributed by atoms with Crippen LogP contribution >= 0.6 is 11.3 Å². The van der Waals surface area contributed by atoms with Gasteiger partial charge < -0.3 is 14.5 Å². The fraction of sp³-hybridized carbons (Fsp3) is 0.182. The standard InChI is InChI=1S/C22H19FN2O6S/c1-12(2)30-22(27)20-19(14-4-6-15(23)7-5-14)13(3)32-21(20)24-17(26)10-8-16-9-11-18(31-16)25(28)29/h4-12H,1-3H3,(H,24,26)/b10-8+. The highest BCUT2D eigenvalue weighted by molar-refractivity contribution is 7.17. The quantitative estimate of drug-likeness (QED) is 0.214. The molecular formula is C22H19FN2O6S. The van der Waals surface area contributed by atoms with Crippen LogP contribution in [0.1, 0.15) is 34.8 Å². The van der Waals surface area contributed by atoms with Crippen LogP contribution < -0.4 is 5.32 Å². The lowest BCUT2D eigenvalue weighted by Gasteiger charge is -2.11. The van der Waals surface area contributed by atoms with Gasteiger partial charge in [0.1, 0.15) is 27.1 Å². The Bertz CT molecular complexity index is 1190. The van der Waals surface area contributed by atoms with Crippen LogP contribution in [0.4, 0.5) is 15.3 Å². The monoisotopic (exact) mass is 458 g/mol. The summed E-state index contributed by atoms with van der Waals surface area (Å²) >= 11 is 1.18. The molecule has 1 aromatic carbocycles. The van der Waals surface area contributed by atoms with Gasteiger partial charge in [-0.05, 0) is 50.6 Å². The minimum Gasteiger partial charge on any atom is -0.459 e. The molecule has 0 radical (unpaired) electrons. The Morgan fingerprint density at radius 1 is 1.22 bits per heavy atom. The number of rotatable bonds is 7. The topological polar surface area (TPSA) is 112 Å².